The summed E-state index contributed by atoms with van der Waals surface area (Å²) in [6.07, 6.45) is 0. The van der Waals surface area contributed by atoms with Gasteiger partial charge in [0.2, 0.25) is 5.79 Å². The SMILES string of the molecule is CC1(C)Oc2ccc(NCc3ccc(O)c(Br)c3)cc2O1. The van der Waals surface area contributed by atoms with Crippen LogP contribution in [0.4, 0.5) is 5.69 Å². The third-order valence-corrected chi connectivity index (χ3v) is 3.80. The highest BCUT2D eigenvalue weighted by atomic mass is 79.9. The maximum atomic E-state index is 9.49. The zero-order valence-corrected chi connectivity index (χ0v) is 13.4. The smallest absolute Gasteiger partial charge is 0.246 e. The van der Waals surface area contributed by atoms with E-state index in [1.807, 2.05) is 44.2 Å². The van der Waals surface area contributed by atoms with E-state index in [9.17, 15) is 5.11 Å². The molecule has 0 spiro atoms. The highest BCUT2D eigenvalue weighted by molar-refractivity contribution is 9.10. The predicted octanol–water partition coefficient (Wildman–Crippen LogP) is 4.27. The zero-order chi connectivity index (χ0) is 15.0. The van der Waals surface area contributed by atoms with Crippen molar-refractivity contribution in [2.45, 2.75) is 26.2 Å². The molecule has 0 saturated heterocycles. The van der Waals surface area contributed by atoms with Crippen molar-refractivity contribution in [2.75, 3.05) is 5.32 Å². The lowest BCUT2D eigenvalue weighted by Crippen LogP contribution is -2.29. The number of ether oxygens (including phenoxy) is 2. The van der Waals surface area contributed by atoms with Gasteiger partial charge in [-0.2, -0.15) is 0 Å². The van der Waals surface area contributed by atoms with Crippen LogP contribution in [0.15, 0.2) is 40.9 Å². The fraction of sp³-hybridized carbons (Fsp3) is 0.250. The number of halogens is 1. The third kappa shape index (κ3) is 3.08. The Kier molecular flexibility index (Phi) is 3.45. The van der Waals surface area contributed by atoms with Crippen molar-refractivity contribution in [2.24, 2.45) is 0 Å². The van der Waals surface area contributed by atoms with Crippen molar-refractivity contribution >= 4 is 21.6 Å². The lowest BCUT2D eigenvalue weighted by Gasteiger charge is -2.16. The van der Waals surface area contributed by atoms with Gasteiger partial charge in [-0.3, -0.25) is 0 Å². The number of fused-ring (bicyclic) bond motifs is 1. The maximum Gasteiger partial charge on any atom is 0.246 e. The van der Waals surface area contributed by atoms with Crippen molar-refractivity contribution < 1.29 is 14.6 Å². The van der Waals surface area contributed by atoms with E-state index < -0.39 is 5.79 Å². The van der Waals surface area contributed by atoms with Crippen LogP contribution < -0.4 is 14.8 Å². The number of hydrogen-bond acceptors (Lipinski definition) is 4. The van der Waals surface area contributed by atoms with Gasteiger partial charge >= 0.3 is 0 Å². The molecule has 0 unspecified atom stereocenters. The van der Waals surface area contributed by atoms with Crippen LogP contribution in [-0.4, -0.2) is 10.9 Å². The Hall–Kier alpha value is -1.88. The third-order valence-electron chi connectivity index (χ3n) is 3.16. The highest BCUT2D eigenvalue weighted by Gasteiger charge is 2.31. The summed E-state index contributed by atoms with van der Waals surface area (Å²) in [5.74, 6) is 1.14. The minimum atomic E-state index is -0.608. The van der Waals surface area contributed by atoms with Crippen LogP contribution in [0, 0.1) is 0 Å². The quantitative estimate of drug-likeness (QED) is 0.868. The number of phenols is 1. The molecule has 2 aromatic rings. The van der Waals surface area contributed by atoms with Gasteiger partial charge in [-0.1, -0.05) is 6.07 Å². The molecule has 0 saturated carbocycles. The Labute approximate surface area is 131 Å². The summed E-state index contributed by atoms with van der Waals surface area (Å²) < 4.78 is 12.1. The number of phenolic OH excluding ortho intramolecular Hbond substituents is 1. The Balaban J connectivity index is 1.71. The predicted molar refractivity (Wildman–Crippen MR) is 84.9 cm³/mol. The lowest BCUT2D eigenvalue weighted by atomic mass is 10.2. The van der Waals surface area contributed by atoms with Gasteiger partial charge in [-0.05, 0) is 45.8 Å². The second kappa shape index (κ2) is 5.15. The van der Waals surface area contributed by atoms with Crippen LogP contribution in [0.2, 0.25) is 0 Å². The summed E-state index contributed by atoms with van der Waals surface area (Å²) >= 11 is 3.31. The van der Waals surface area contributed by atoms with Crippen LogP contribution in [0.1, 0.15) is 19.4 Å². The molecule has 0 amide bonds. The molecule has 0 radical (unpaired) electrons. The standard InChI is InChI=1S/C16H16BrNO3/c1-16(2)20-14-6-4-11(8-15(14)21-16)18-9-10-3-5-13(19)12(17)7-10/h3-8,18-19H,9H2,1-2H3. The van der Waals surface area contributed by atoms with E-state index in [-0.39, 0.29) is 5.75 Å². The first kappa shape index (κ1) is 14.1. The van der Waals surface area contributed by atoms with E-state index in [1.165, 1.54) is 0 Å². The van der Waals surface area contributed by atoms with Crippen LogP contribution in [0.3, 0.4) is 0 Å². The van der Waals surface area contributed by atoms with Crippen molar-refractivity contribution in [3.8, 4) is 17.2 Å². The van der Waals surface area contributed by atoms with Crippen molar-refractivity contribution in [3.05, 3.63) is 46.4 Å². The maximum absolute atomic E-state index is 9.49. The van der Waals surface area contributed by atoms with Crippen molar-refractivity contribution in [1.29, 1.82) is 0 Å². The number of nitrogens with one attached hydrogen (secondary N) is 1. The van der Waals surface area contributed by atoms with Crippen molar-refractivity contribution in [1.82, 2.24) is 0 Å². The van der Waals surface area contributed by atoms with Gasteiger partial charge in [-0.15, -0.1) is 0 Å². The van der Waals surface area contributed by atoms with E-state index in [4.69, 9.17) is 9.47 Å². The summed E-state index contributed by atoms with van der Waals surface area (Å²) in [5, 5.41) is 12.8. The van der Waals surface area contributed by atoms with Gasteiger partial charge in [0.15, 0.2) is 11.5 Å². The minimum absolute atomic E-state index is 0.240. The van der Waals surface area contributed by atoms with Gasteiger partial charge in [0.05, 0.1) is 4.47 Å². The molecule has 2 N–H and O–H groups in total. The fourth-order valence-electron chi connectivity index (χ4n) is 2.20. The molecular formula is C16H16BrNO3. The Bertz CT molecular complexity index is 685. The molecule has 0 atom stereocenters. The van der Waals surface area contributed by atoms with E-state index in [0.29, 0.717) is 11.0 Å². The number of anilines is 1. The molecular weight excluding hydrogens is 334 g/mol. The van der Waals surface area contributed by atoms with E-state index in [2.05, 4.69) is 21.2 Å². The molecule has 110 valence electrons. The van der Waals surface area contributed by atoms with Crippen LogP contribution in [0.25, 0.3) is 0 Å². The van der Waals surface area contributed by atoms with Crippen molar-refractivity contribution in [3.63, 3.8) is 0 Å². The van der Waals surface area contributed by atoms with Gasteiger partial charge in [0, 0.05) is 32.1 Å². The lowest BCUT2D eigenvalue weighted by molar-refractivity contribution is -0.0431. The Morgan fingerprint density at radius 1 is 1.10 bits per heavy atom. The van der Waals surface area contributed by atoms with E-state index in [0.717, 1.165) is 22.7 Å². The molecule has 5 heteroatoms. The molecule has 2 aromatic carbocycles. The average Bonchev–Trinajstić information content (AvgIpc) is 2.73. The molecule has 0 aromatic heterocycles. The first-order chi connectivity index (χ1) is 9.93. The fourth-order valence-corrected chi connectivity index (χ4v) is 2.62. The van der Waals surface area contributed by atoms with Gasteiger partial charge in [0.25, 0.3) is 0 Å². The second-order valence-corrected chi connectivity index (χ2v) is 6.26. The number of hydrogen-bond donors (Lipinski definition) is 2. The zero-order valence-electron chi connectivity index (χ0n) is 11.8. The number of benzene rings is 2. The molecule has 0 aliphatic carbocycles. The number of rotatable bonds is 3. The molecule has 1 aliphatic heterocycles. The first-order valence-corrected chi connectivity index (χ1v) is 7.46. The van der Waals surface area contributed by atoms with Gasteiger partial charge in [0.1, 0.15) is 5.75 Å². The van der Waals surface area contributed by atoms with Gasteiger partial charge in [-0.25, -0.2) is 0 Å². The largest absolute Gasteiger partial charge is 0.507 e. The number of aromatic hydroxyl groups is 1. The van der Waals surface area contributed by atoms with Crippen LogP contribution in [-0.2, 0) is 6.54 Å². The van der Waals surface area contributed by atoms with Crippen LogP contribution in [0.5, 0.6) is 17.2 Å². The normalized spacial score (nSPS) is 15.0. The van der Waals surface area contributed by atoms with E-state index >= 15 is 0 Å². The minimum Gasteiger partial charge on any atom is -0.507 e. The first-order valence-electron chi connectivity index (χ1n) is 6.66. The molecule has 3 rings (SSSR count). The summed E-state index contributed by atoms with van der Waals surface area (Å²) in [4.78, 5) is 0. The summed E-state index contributed by atoms with van der Waals surface area (Å²) in [6, 6.07) is 11.2. The molecule has 4 nitrogen and oxygen atoms in total. The Morgan fingerprint density at radius 2 is 1.86 bits per heavy atom. The average molecular weight is 350 g/mol. The second-order valence-electron chi connectivity index (χ2n) is 5.40. The molecule has 21 heavy (non-hydrogen) atoms. The molecule has 1 heterocycles. The topological polar surface area (TPSA) is 50.7 Å². The monoisotopic (exact) mass is 349 g/mol. The molecule has 0 bridgehead atoms. The summed E-state index contributed by atoms with van der Waals surface area (Å²) in [6.45, 7) is 4.42. The Morgan fingerprint density at radius 3 is 2.62 bits per heavy atom. The van der Waals surface area contributed by atoms with E-state index in [1.54, 1.807) is 6.07 Å². The summed E-state index contributed by atoms with van der Waals surface area (Å²) in [7, 11) is 0. The summed E-state index contributed by atoms with van der Waals surface area (Å²) in [5.41, 5.74) is 2.02. The highest BCUT2D eigenvalue weighted by Crippen LogP contribution is 2.40. The van der Waals surface area contributed by atoms with Gasteiger partial charge < -0.3 is 19.9 Å². The van der Waals surface area contributed by atoms with Crippen LogP contribution >= 0.6 is 15.9 Å². The molecule has 1 aliphatic rings. The molecule has 0 fully saturated rings.